The Morgan fingerprint density at radius 2 is 2.00 bits per heavy atom. The molecular weight excluding hydrogens is 269 g/mol. The molecule has 0 saturated heterocycles. The number of benzene rings is 2. The molecule has 0 bridgehead atoms. The van der Waals surface area contributed by atoms with Crippen LogP contribution in [0, 0.1) is 5.82 Å². The van der Waals surface area contributed by atoms with E-state index in [-0.39, 0.29) is 22.9 Å². The molecule has 0 aliphatic carbocycles. The Morgan fingerprint density at radius 1 is 1.26 bits per heavy atom. The number of phenols is 1. The highest BCUT2D eigenvalue weighted by Crippen LogP contribution is 2.17. The third-order valence-corrected chi connectivity index (χ3v) is 2.84. The molecule has 0 atom stereocenters. The molecule has 2 N–H and O–H groups in total. The first-order chi connectivity index (χ1) is 9.08. The predicted molar refractivity (Wildman–Crippen MR) is 70.7 cm³/mol. The molecule has 1 amide bonds. The lowest BCUT2D eigenvalue weighted by Gasteiger charge is -2.08. The largest absolute Gasteiger partial charge is 0.508 e. The van der Waals surface area contributed by atoms with Crippen molar-refractivity contribution in [2.24, 2.45) is 0 Å². The Morgan fingerprint density at radius 3 is 2.74 bits per heavy atom. The molecule has 3 nitrogen and oxygen atoms in total. The van der Waals surface area contributed by atoms with Crippen LogP contribution in [-0.4, -0.2) is 11.0 Å². The van der Waals surface area contributed by atoms with Gasteiger partial charge in [0.2, 0.25) is 0 Å². The lowest BCUT2D eigenvalue weighted by molar-refractivity contribution is 0.0946. The lowest BCUT2D eigenvalue weighted by atomic mass is 10.1. The van der Waals surface area contributed by atoms with Crippen LogP contribution < -0.4 is 5.32 Å². The van der Waals surface area contributed by atoms with Gasteiger partial charge in [-0.05, 0) is 24.3 Å². The van der Waals surface area contributed by atoms with E-state index >= 15 is 0 Å². The second kappa shape index (κ2) is 5.71. The molecular formula is C14H11ClFNO2. The molecule has 0 aliphatic heterocycles. The van der Waals surface area contributed by atoms with Crippen LogP contribution in [-0.2, 0) is 6.54 Å². The average Bonchev–Trinajstić information content (AvgIpc) is 2.40. The standard InChI is InChI=1S/C14H11ClFNO2/c15-10-5-6-12(16)11(7-10)14(19)17-8-9-3-1-2-4-13(9)18/h1-7,18H,8H2,(H,17,19). The van der Waals surface area contributed by atoms with E-state index in [0.717, 1.165) is 6.07 Å². The monoisotopic (exact) mass is 279 g/mol. The van der Waals surface area contributed by atoms with Gasteiger partial charge in [0.15, 0.2) is 0 Å². The number of hydrogen-bond donors (Lipinski definition) is 2. The number of nitrogens with one attached hydrogen (secondary N) is 1. The Balaban J connectivity index is 2.10. The van der Waals surface area contributed by atoms with E-state index in [1.807, 2.05) is 0 Å². The summed E-state index contributed by atoms with van der Waals surface area (Å²) < 4.78 is 13.5. The fourth-order valence-corrected chi connectivity index (χ4v) is 1.77. The fraction of sp³-hybridized carbons (Fsp3) is 0.0714. The molecule has 2 rings (SSSR count). The summed E-state index contributed by atoms with van der Waals surface area (Å²) in [6.45, 7) is 0.109. The first kappa shape index (κ1) is 13.4. The van der Waals surface area contributed by atoms with Crippen molar-refractivity contribution < 1.29 is 14.3 Å². The maximum atomic E-state index is 13.5. The number of halogens is 2. The summed E-state index contributed by atoms with van der Waals surface area (Å²) in [6, 6.07) is 10.4. The van der Waals surface area contributed by atoms with Crippen molar-refractivity contribution in [3.8, 4) is 5.75 Å². The number of hydrogen-bond acceptors (Lipinski definition) is 2. The van der Waals surface area contributed by atoms with Crippen molar-refractivity contribution in [2.45, 2.75) is 6.54 Å². The molecule has 98 valence electrons. The van der Waals surface area contributed by atoms with E-state index in [0.29, 0.717) is 5.56 Å². The quantitative estimate of drug-likeness (QED) is 0.907. The second-order valence-electron chi connectivity index (χ2n) is 3.94. The van der Waals surface area contributed by atoms with Gasteiger partial charge in [-0.15, -0.1) is 0 Å². The van der Waals surface area contributed by atoms with Crippen LogP contribution >= 0.6 is 11.6 Å². The lowest BCUT2D eigenvalue weighted by Crippen LogP contribution is -2.23. The number of aromatic hydroxyl groups is 1. The van der Waals surface area contributed by atoms with Gasteiger partial charge in [-0.25, -0.2) is 4.39 Å². The molecule has 0 aliphatic rings. The number of phenolic OH excluding ortho intramolecular Hbond substituents is 1. The Bertz CT molecular complexity index is 616. The van der Waals surface area contributed by atoms with Gasteiger partial charge in [-0.1, -0.05) is 29.8 Å². The van der Waals surface area contributed by atoms with Crippen molar-refractivity contribution in [1.29, 1.82) is 0 Å². The molecule has 2 aromatic carbocycles. The highest BCUT2D eigenvalue weighted by Gasteiger charge is 2.12. The van der Waals surface area contributed by atoms with Crippen molar-refractivity contribution in [3.63, 3.8) is 0 Å². The molecule has 0 unspecified atom stereocenters. The van der Waals surface area contributed by atoms with E-state index in [4.69, 9.17) is 11.6 Å². The van der Waals surface area contributed by atoms with Gasteiger partial charge in [0.05, 0.1) is 5.56 Å². The van der Waals surface area contributed by atoms with Gasteiger partial charge in [0.25, 0.3) is 5.91 Å². The summed E-state index contributed by atoms with van der Waals surface area (Å²) >= 11 is 5.72. The maximum absolute atomic E-state index is 13.5. The molecule has 2 aromatic rings. The van der Waals surface area contributed by atoms with Crippen LogP contribution in [0.1, 0.15) is 15.9 Å². The summed E-state index contributed by atoms with van der Waals surface area (Å²) in [4.78, 5) is 11.8. The van der Waals surface area contributed by atoms with Gasteiger partial charge in [-0.2, -0.15) is 0 Å². The number of rotatable bonds is 3. The second-order valence-corrected chi connectivity index (χ2v) is 4.37. The Kier molecular flexibility index (Phi) is 4.02. The predicted octanol–water partition coefficient (Wildman–Crippen LogP) is 3.11. The number of para-hydroxylation sites is 1. The maximum Gasteiger partial charge on any atom is 0.254 e. The summed E-state index contributed by atoms with van der Waals surface area (Å²) in [5, 5.41) is 12.4. The zero-order valence-corrected chi connectivity index (χ0v) is 10.6. The van der Waals surface area contributed by atoms with E-state index in [9.17, 15) is 14.3 Å². The first-order valence-electron chi connectivity index (χ1n) is 5.58. The normalized spacial score (nSPS) is 10.2. The molecule has 0 spiro atoms. The van der Waals surface area contributed by atoms with E-state index < -0.39 is 11.7 Å². The summed E-state index contributed by atoms with van der Waals surface area (Å²) in [5.74, 6) is -1.14. The van der Waals surface area contributed by atoms with Gasteiger partial charge in [0, 0.05) is 17.1 Å². The van der Waals surface area contributed by atoms with E-state index in [2.05, 4.69) is 5.32 Å². The molecule has 19 heavy (non-hydrogen) atoms. The minimum absolute atomic E-state index is 0.0781. The van der Waals surface area contributed by atoms with Crippen molar-refractivity contribution in [1.82, 2.24) is 5.32 Å². The highest BCUT2D eigenvalue weighted by atomic mass is 35.5. The average molecular weight is 280 g/mol. The van der Waals surface area contributed by atoms with Crippen LogP contribution in [0.4, 0.5) is 4.39 Å². The fourth-order valence-electron chi connectivity index (χ4n) is 1.60. The van der Waals surface area contributed by atoms with Crippen LogP contribution in [0.25, 0.3) is 0 Å². The molecule has 0 radical (unpaired) electrons. The SMILES string of the molecule is O=C(NCc1ccccc1O)c1cc(Cl)ccc1F. The van der Waals surface area contributed by atoms with Crippen molar-refractivity contribution in [3.05, 3.63) is 64.4 Å². The minimum atomic E-state index is -0.640. The van der Waals surface area contributed by atoms with Crippen LogP contribution in [0.15, 0.2) is 42.5 Å². The van der Waals surface area contributed by atoms with E-state index in [1.54, 1.807) is 18.2 Å². The van der Waals surface area contributed by atoms with Gasteiger partial charge in [0.1, 0.15) is 11.6 Å². The molecule has 0 heterocycles. The van der Waals surface area contributed by atoms with Gasteiger partial charge in [-0.3, -0.25) is 4.79 Å². The molecule has 0 aromatic heterocycles. The summed E-state index contributed by atoms with van der Waals surface area (Å²) in [5.41, 5.74) is 0.432. The zero-order valence-electron chi connectivity index (χ0n) is 9.86. The third kappa shape index (κ3) is 3.23. The topological polar surface area (TPSA) is 49.3 Å². The summed E-state index contributed by atoms with van der Waals surface area (Å²) in [6.07, 6.45) is 0. The van der Waals surface area contributed by atoms with Crippen molar-refractivity contribution in [2.75, 3.05) is 0 Å². The number of carbonyl (C=O) groups is 1. The van der Waals surface area contributed by atoms with Gasteiger partial charge < -0.3 is 10.4 Å². The van der Waals surface area contributed by atoms with Crippen LogP contribution in [0.3, 0.4) is 0 Å². The zero-order chi connectivity index (χ0) is 13.8. The smallest absolute Gasteiger partial charge is 0.254 e. The van der Waals surface area contributed by atoms with Crippen LogP contribution in [0.2, 0.25) is 5.02 Å². The summed E-state index contributed by atoms with van der Waals surface area (Å²) in [7, 11) is 0. The van der Waals surface area contributed by atoms with Crippen molar-refractivity contribution >= 4 is 17.5 Å². The third-order valence-electron chi connectivity index (χ3n) is 2.60. The number of amides is 1. The van der Waals surface area contributed by atoms with Crippen LogP contribution in [0.5, 0.6) is 5.75 Å². The Labute approximate surface area is 114 Å². The number of carbonyl (C=O) groups excluding carboxylic acids is 1. The minimum Gasteiger partial charge on any atom is -0.508 e. The molecule has 0 saturated carbocycles. The first-order valence-corrected chi connectivity index (χ1v) is 5.96. The van der Waals surface area contributed by atoms with E-state index in [1.165, 1.54) is 18.2 Å². The van der Waals surface area contributed by atoms with Gasteiger partial charge >= 0.3 is 0 Å². The molecule has 0 fully saturated rings. The molecule has 5 heteroatoms. The Hall–Kier alpha value is -2.07. The highest BCUT2D eigenvalue weighted by molar-refractivity contribution is 6.30.